The van der Waals surface area contributed by atoms with Gasteiger partial charge in [0.25, 0.3) is 0 Å². The molecule has 0 atom stereocenters. The number of halogens is 3. The molecule has 0 saturated heterocycles. The van der Waals surface area contributed by atoms with Crippen molar-refractivity contribution < 1.29 is 13.2 Å². The molecule has 0 aliphatic rings. The Balaban J connectivity index is 2.29. The van der Waals surface area contributed by atoms with Crippen LogP contribution >= 0.6 is 0 Å². The quantitative estimate of drug-likeness (QED) is 0.722. The van der Waals surface area contributed by atoms with Crippen molar-refractivity contribution in [2.24, 2.45) is 0 Å². The molecule has 0 heterocycles. The first kappa shape index (κ1) is 13.7. The molecular formula is C16H15F3. The lowest BCUT2D eigenvalue weighted by Gasteiger charge is -2.10. The van der Waals surface area contributed by atoms with Crippen LogP contribution in [0, 0.1) is 13.8 Å². The lowest BCUT2D eigenvalue weighted by Crippen LogP contribution is -2.05. The Hall–Kier alpha value is -1.77. The summed E-state index contributed by atoms with van der Waals surface area (Å²) >= 11 is 0. The van der Waals surface area contributed by atoms with E-state index in [-0.39, 0.29) is 0 Å². The molecule has 19 heavy (non-hydrogen) atoms. The third-order valence-corrected chi connectivity index (χ3v) is 3.15. The highest BCUT2D eigenvalue weighted by atomic mass is 19.4. The summed E-state index contributed by atoms with van der Waals surface area (Å²) in [5.41, 5.74) is 3.42. The van der Waals surface area contributed by atoms with E-state index in [9.17, 15) is 13.2 Å². The van der Waals surface area contributed by atoms with Crippen molar-refractivity contribution in [2.75, 3.05) is 0 Å². The standard InChI is InChI=1S/C16H15F3/c1-11-6-7-14(12(2)8-11)9-13-4-3-5-15(10-13)16(17,18)19/h3-8,10H,9H2,1-2H3. The normalized spacial score (nSPS) is 11.6. The van der Waals surface area contributed by atoms with E-state index < -0.39 is 11.7 Å². The molecule has 0 fully saturated rings. The largest absolute Gasteiger partial charge is 0.416 e. The second-order valence-corrected chi connectivity index (χ2v) is 4.80. The van der Waals surface area contributed by atoms with E-state index >= 15 is 0 Å². The van der Waals surface area contributed by atoms with E-state index in [1.165, 1.54) is 12.1 Å². The maximum atomic E-state index is 12.6. The van der Waals surface area contributed by atoms with Gasteiger partial charge in [-0.1, -0.05) is 42.0 Å². The summed E-state index contributed by atoms with van der Waals surface area (Å²) in [5, 5.41) is 0. The van der Waals surface area contributed by atoms with Crippen LogP contribution in [-0.2, 0) is 12.6 Å². The Labute approximate surface area is 110 Å². The minimum atomic E-state index is -4.28. The van der Waals surface area contributed by atoms with E-state index in [0.29, 0.717) is 12.0 Å². The van der Waals surface area contributed by atoms with Crippen molar-refractivity contribution in [1.29, 1.82) is 0 Å². The fourth-order valence-corrected chi connectivity index (χ4v) is 2.12. The first-order valence-electron chi connectivity index (χ1n) is 6.08. The highest BCUT2D eigenvalue weighted by molar-refractivity contribution is 5.36. The number of benzene rings is 2. The molecule has 0 aromatic heterocycles. The molecule has 0 nitrogen and oxygen atoms in total. The van der Waals surface area contributed by atoms with Gasteiger partial charge in [0.05, 0.1) is 5.56 Å². The summed E-state index contributed by atoms with van der Waals surface area (Å²) in [7, 11) is 0. The van der Waals surface area contributed by atoms with Crippen molar-refractivity contribution in [3.8, 4) is 0 Å². The van der Waals surface area contributed by atoms with Gasteiger partial charge in [-0.25, -0.2) is 0 Å². The van der Waals surface area contributed by atoms with Gasteiger partial charge in [0.2, 0.25) is 0 Å². The van der Waals surface area contributed by atoms with Gasteiger partial charge >= 0.3 is 6.18 Å². The zero-order valence-corrected chi connectivity index (χ0v) is 10.9. The molecule has 2 aromatic rings. The highest BCUT2D eigenvalue weighted by Crippen LogP contribution is 2.30. The molecule has 0 amide bonds. The Bertz CT molecular complexity index is 583. The molecule has 0 aliphatic heterocycles. The minimum Gasteiger partial charge on any atom is -0.166 e. The van der Waals surface area contributed by atoms with Crippen LogP contribution in [0.4, 0.5) is 13.2 Å². The van der Waals surface area contributed by atoms with Crippen LogP contribution in [-0.4, -0.2) is 0 Å². The van der Waals surface area contributed by atoms with E-state index in [0.717, 1.165) is 22.8 Å². The second-order valence-electron chi connectivity index (χ2n) is 4.80. The monoisotopic (exact) mass is 264 g/mol. The molecule has 0 spiro atoms. The van der Waals surface area contributed by atoms with Crippen molar-refractivity contribution in [3.05, 3.63) is 70.3 Å². The summed E-state index contributed by atoms with van der Waals surface area (Å²) in [6.45, 7) is 3.98. The average Bonchev–Trinajstić information content (AvgIpc) is 2.32. The first-order chi connectivity index (χ1) is 8.86. The average molecular weight is 264 g/mol. The van der Waals surface area contributed by atoms with Gasteiger partial charge in [-0.2, -0.15) is 13.2 Å². The van der Waals surface area contributed by atoms with Crippen molar-refractivity contribution in [3.63, 3.8) is 0 Å². The van der Waals surface area contributed by atoms with Crippen LogP contribution in [0.5, 0.6) is 0 Å². The van der Waals surface area contributed by atoms with Gasteiger partial charge in [-0.3, -0.25) is 0 Å². The number of aryl methyl sites for hydroxylation is 2. The van der Waals surface area contributed by atoms with Gasteiger partial charge < -0.3 is 0 Å². The lowest BCUT2D eigenvalue weighted by molar-refractivity contribution is -0.137. The zero-order chi connectivity index (χ0) is 14.0. The highest BCUT2D eigenvalue weighted by Gasteiger charge is 2.30. The van der Waals surface area contributed by atoms with E-state index in [1.807, 2.05) is 32.0 Å². The SMILES string of the molecule is Cc1ccc(Cc2cccc(C(F)(F)F)c2)c(C)c1. The molecule has 0 aliphatic carbocycles. The van der Waals surface area contributed by atoms with Crippen molar-refractivity contribution in [1.82, 2.24) is 0 Å². The number of hydrogen-bond donors (Lipinski definition) is 0. The smallest absolute Gasteiger partial charge is 0.166 e. The van der Waals surface area contributed by atoms with Crippen LogP contribution in [0.25, 0.3) is 0 Å². The maximum Gasteiger partial charge on any atom is 0.416 e. The van der Waals surface area contributed by atoms with Gasteiger partial charge in [0.1, 0.15) is 0 Å². The van der Waals surface area contributed by atoms with Crippen LogP contribution in [0.15, 0.2) is 42.5 Å². The predicted octanol–water partition coefficient (Wildman–Crippen LogP) is 4.91. The predicted molar refractivity (Wildman–Crippen MR) is 70.2 cm³/mol. The second kappa shape index (κ2) is 5.08. The van der Waals surface area contributed by atoms with Gasteiger partial charge in [-0.15, -0.1) is 0 Å². The van der Waals surface area contributed by atoms with Gasteiger partial charge in [-0.05, 0) is 43.0 Å². The molecular weight excluding hydrogens is 249 g/mol. The van der Waals surface area contributed by atoms with Gasteiger partial charge in [0, 0.05) is 0 Å². The Morgan fingerprint density at radius 3 is 2.32 bits per heavy atom. The van der Waals surface area contributed by atoms with Gasteiger partial charge in [0.15, 0.2) is 0 Å². The maximum absolute atomic E-state index is 12.6. The molecule has 100 valence electrons. The Morgan fingerprint density at radius 2 is 1.68 bits per heavy atom. The molecule has 0 radical (unpaired) electrons. The van der Waals surface area contributed by atoms with E-state index in [2.05, 4.69) is 0 Å². The third kappa shape index (κ3) is 3.37. The molecule has 2 aromatic carbocycles. The zero-order valence-electron chi connectivity index (χ0n) is 10.9. The number of alkyl halides is 3. The fourth-order valence-electron chi connectivity index (χ4n) is 2.12. The van der Waals surface area contributed by atoms with E-state index in [1.54, 1.807) is 6.07 Å². The molecule has 0 bridgehead atoms. The summed E-state index contributed by atoms with van der Waals surface area (Å²) in [6, 6.07) is 11.5. The topological polar surface area (TPSA) is 0 Å². The first-order valence-corrected chi connectivity index (χ1v) is 6.08. The molecule has 2 rings (SSSR count). The van der Waals surface area contributed by atoms with Crippen LogP contribution in [0.2, 0.25) is 0 Å². The lowest BCUT2D eigenvalue weighted by atomic mass is 9.98. The summed E-state index contributed by atoms with van der Waals surface area (Å²) in [6.07, 6.45) is -3.76. The fraction of sp³-hybridized carbons (Fsp3) is 0.250. The summed E-state index contributed by atoms with van der Waals surface area (Å²) < 4.78 is 37.9. The molecule has 3 heteroatoms. The number of hydrogen-bond acceptors (Lipinski definition) is 0. The number of rotatable bonds is 2. The summed E-state index contributed by atoms with van der Waals surface area (Å²) in [5.74, 6) is 0. The van der Waals surface area contributed by atoms with Crippen LogP contribution in [0.3, 0.4) is 0 Å². The third-order valence-electron chi connectivity index (χ3n) is 3.15. The van der Waals surface area contributed by atoms with Crippen LogP contribution in [0.1, 0.15) is 27.8 Å². The molecule has 0 N–H and O–H groups in total. The van der Waals surface area contributed by atoms with E-state index in [4.69, 9.17) is 0 Å². The van der Waals surface area contributed by atoms with Crippen molar-refractivity contribution in [2.45, 2.75) is 26.4 Å². The molecule has 0 saturated carbocycles. The van der Waals surface area contributed by atoms with Crippen molar-refractivity contribution >= 4 is 0 Å². The Kier molecular flexibility index (Phi) is 3.65. The summed E-state index contributed by atoms with van der Waals surface area (Å²) in [4.78, 5) is 0. The minimum absolute atomic E-state index is 0.524. The van der Waals surface area contributed by atoms with Crippen LogP contribution < -0.4 is 0 Å². The molecule has 0 unspecified atom stereocenters. The Morgan fingerprint density at radius 1 is 0.947 bits per heavy atom.